The van der Waals surface area contributed by atoms with Crippen molar-refractivity contribution in [2.75, 3.05) is 18.5 Å². The number of rotatable bonds is 4. The largest absolute Gasteiger partial charge is 0.486 e. The highest BCUT2D eigenvalue weighted by molar-refractivity contribution is 7.19. The number of nitrogens with zero attached hydrogens (tertiary/aromatic N) is 3. The molecule has 9 nitrogen and oxygen atoms in total. The van der Waals surface area contributed by atoms with Gasteiger partial charge in [0.1, 0.15) is 25.5 Å². The molecule has 0 aliphatic carbocycles. The quantitative estimate of drug-likeness (QED) is 0.537. The molecule has 3 aromatic heterocycles. The maximum absolute atomic E-state index is 12.8. The second-order valence-corrected chi connectivity index (χ2v) is 7.81. The SMILES string of the molecule is Cc1nc2c(=O)n(CC(=O)Nc3ccc4c(c3)OCCO4)nc(-c3ccco3)c2s1. The first-order chi connectivity index (χ1) is 14.6. The number of hydrogen-bond acceptors (Lipinski definition) is 8. The number of fused-ring (bicyclic) bond motifs is 2. The maximum Gasteiger partial charge on any atom is 0.294 e. The van der Waals surface area contributed by atoms with Gasteiger partial charge in [0, 0.05) is 11.8 Å². The van der Waals surface area contributed by atoms with Gasteiger partial charge in [0.15, 0.2) is 22.8 Å². The summed E-state index contributed by atoms with van der Waals surface area (Å²) in [6.07, 6.45) is 1.53. The third-order valence-corrected chi connectivity index (χ3v) is 5.46. The molecule has 30 heavy (non-hydrogen) atoms. The summed E-state index contributed by atoms with van der Waals surface area (Å²) in [5.41, 5.74) is 0.856. The zero-order valence-corrected chi connectivity index (χ0v) is 16.7. The van der Waals surface area contributed by atoms with Crippen molar-refractivity contribution in [1.29, 1.82) is 0 Å². The first kappa shape index (κ1) is 18.4. The van der Waals surface area contributed by atoms with E-state index in [1.54, 1.807) is 30.3 Å². The Kier molecular flexibility index (Phi) is 4.47. The highest BCUT2D eigenvalue weighted by Gasteiger charge is 2.19. The average Bonchev–Trinajstić information content (AvgIpc) is 3.40. The lowest BCUT2D eigenvalue weighted by Crippen LogP contribution is -2.30. The molecule has 152 valence electrons. The summed E-state index contributed by atoms with van der Waals surface area (Å²) in [7, 11) is 0. The molecule has 1 N–H and O–H groups in total. The summed E-state index contributed by atoms with van der Waals surface area (Å²) in [6.45, 7) is 2.48. The van der Waals surface area contributed by atoms with E-state index in [0.29, 0.717) is 46.6 Å². The minimum atomic E-state index is -0.429. The van der Waals surface area contributed by atoms with E-state index >= 15 is 0 Å². The second kappa shape index (κ2) is 7.30. The van der Waals surface area contributed by atoms with Crippen LogP contribution in [-0.2, 0) is 11.3 Å². The number of anilines is 1. The van der Waals surface area contributed by atoms with Crippen LogP contribution >= 0.6 is 11.3 Å². The molecular weight excluding hydrogens is 408 g/mol. The summed E-state index contributed by atoms with van der Waals surface area (Å²) in [6, 6.07) is 8.61. The standard InChI is InChI=1S/C20H16N4O5S/c1-11-21-18-19(30-11)17(14-3-2-6-27-14)23-24(20(18)26)10-16(25)22-12-4-5-13-15(9-12)29-8-7-28-13/h2-6,9H,7-8,10H2,1H3,(H,22,25). The summed E-state index contributed by atoms with van der Waals surface area (Å²) in [5, 5.41) is 7.87. The topological polar surface area (TPSA) is 108 Å². The number of thiazole rings is 1. The van der Waals surface area contributed by atoms with Crippen LogP contribution in [0.1, 0.15) is 5.01 Å². The Morgan fingerprint density at radius 3 is 2.87 bits per heavy atom. The zero-order valence-electron chi connectivity index (χ0n) is 15.9. The van der Waals surface area contributed by atoms with Crippen molar-refractivity contribution in [3.05, 3.63) is 52.0 Å². The number of carbonyl (C=O) groups is 1. The van der Waals surface area contributed by atoms with Gasteiger partial charge in [0.2, 0.25) is 5.91 Å². The van der Waals surface area contributed by atoms with Gasteiger partial charge in [-0.1, -0.05) is 0 Å². The molecule has 0 saturated heterocycles. The number of benzene rings is 1. The summed E-state index contributed by atoms with van der Waals surface area (Å²) in [5.74, 6) is 1.29. The number of aromatic nitrogens is 3. The third-order valence-electron chi connectivity index (χ3n) is 4.48. The van der Waals surface area contributed by atoms with Crippen molar-refractivity contribution >= 4 is 33.1 Å². The Hall–Kier alpha value is -3.66. The van der Waals surface area contributed by atoms with Gasteiger partial charge in [-0.15, -0.1) is 11.3 Å². The second-order valence-electron chi connectivity index (χ2n) is 6.61. The van der Waals surface area contributed by atoms with Crippen LogP contribution in [0.15, 0.2) is 45.8 Å². The molecule has 4 aromatic rings. The predicted octanol–water partition coefficient (Wildman–Crippen LogP) is 2.83. The molecule has 5 rings (SSSR count). The molecule has 0 spiro atoms. The molecule has 0 saturated carbocycles. The van der Waals surface area contributed by atoms with Gasteiger partial charge in [-0.05, 0) is 31.2 Å². The van der Waals surface area contributed by atoms with E-state index in [1.165, 1.54) is 17.6 Å². The predicted molar refractivity (Wildman–Crippen MR) is 110 cm³/mol. The normalized spacial score (nSPS) is 12.8. The fraction of sp³-hybridized carbons (Fsp3) is 0.200. The van der Waals surface area contributed by atoms with E-state index in [4.69, 9.17) is 13.9 Å². The van der Waals surface area contributed by atoms with Crippen LogP contribution in [0.3, 0.4) is 0 Å². The lowest BCUT2D eigenvalue weighted by Gasteiger charge is -2.19. The third kappa shape index (κ3) is 3.30. The van der Waals surface area contributed by atoms with Crippen LogP contribution in [0, 0.1) is 6.92 Å². The van der Waals surface area contributed by atoms with Gasteiger partial charge in [-0.2, -0.15) is 5.10 Å². The van der Waals surface area contributed by atoms with E-state index in [1.807, 2.05) is 6.92 Å². The van der Waals surface area contributed by atoms with Crippen LogP contribution in [0.2, 0.25) is 0 Å². The number of furan rings is 1. The van der Waals surface area contributed by atoms with E-state index in [2.05, 4.69) is 15.4 Å². The molecule has 0 atom stereocenters. The lowest BCUT2D eigenvalue weighted by molar-refractivity contribution is -0.117. The molecule has 0 fully saturated rings. The molecule has 10 heteroatoms. The Bertz CT molecular complexity index is 1310. The number of aryl methyl sites for hydroxylation is 1. The fourth-order valence-electron chi connectivity index (χ4n) is 3.21. The fourth-order valence-corrected chi connectivity index (χ4v) is 4.11. The van der Waals surface area contributed by atoms with Gasteiger partial charge in [0.25, 0.3) is 5.56 Å². The van der Waals surface area contributed by atoms with Gasteiger partial charge in [-0.3, -0.25) is 9.59 Å². The van der Waals surface area contributed by atoms with Crippen LogP contribution in [0.5, 0.6) is 11.5 Å². The van der Waals surface area contributed by atoms with Crippen molar-refractivity contribution in [2.24, 2.45) is 0 Å². The first-order valence-corrected chi connectivity index (χ1v) is 10.0. The molecule has 0 radical (unpaired) electrons. The molecule has 1 aliphatic rings. The Balaban J connectivity index is 1.46. The van der Waals surface area contributed by atoms with E-state index < -0.39 is 11.5 Å². The highest BCUT2D eigenvalue weighted by Crippen LogP contribution is 2.33. The minimum Gasteiger partial charge on any atom is -0.486 e. The van der Waals surface area contributed by atoms with E-state index in [0.717, 1.165) is 9.69 Å². The number of nitrogens with one attached hydrogen (secondary N) is 1. The van der Waals surface area contributed by atoms with Crippen molar-refractivity contribution in [1.82, 2.24) is 14.8 Å². The van der Waals surface area contributed by atoms with E-state index in [-0.39, 0.29) is 12.1 Å². The Morgan fingerprint density at radius 1 is 1.23 bits per heavy atom. The average molecular weight is 424 g/mol. The Labute approximate surface area is 173 Å². The van der Waals surface area contributed by atoms with Crippen molar-refractivity contribution in [3.8, 4) is 23.0 Å². The summed E-state index contributed by atoms with van der Waals surface area (Å²) < 4.78 is 18.2. The summed E-state index contributed by atoms with van der Waals surface area (Å²) in [4.78, 5) is 29.8. The number of ether oxygens (including phenoxy) is 2. The number of amides is 1. The van der Waals surface area contributed by atoms with Gasteiger partial charge in [0.05, 0.1) is 16.0 Å². The molecule has 0 unspecified atom stereocenters. The molecular formula is C20H16N4O5S. The summed E-state index contributed by atoms with van der Waals surface area (Å²) >= 11 is 1.36. The minimum absolute atomic E-state index is 0.269. The van der Waals surface area contributed by atoms with E-state index in [9.17, 15) is 9.59 Å². The molecule has 1 amide bonds. The van der Waals surface area contributed by atoms with Crippen LogP contribution in [0.4, 0.5) is 5.69 Å². The highest BCUT2D eigenvalue weighted by atomic mass is 32.1. The zero-order chi connectivity index (χ0) is 20.7. The van der Waals surface area contributed by atoms with Gasteiger partial charge < -0.3 is 19.2 Å². The van der Waals surface area contributed by atoms with Crippen molar-refractivity contribution in [3.63, 3.8) is 0 Å². The van der Waals surface area contributed by atoms with Crippen molar-refractivity contribution < 1.29 is 18.7 Å². The monoisotopic (exact) mass is 424 g/mol. The first-order valence-electron chi connectivity index (χ1n) is 9.20. The van der Waals surface area contributed by atoms with Gasteiger partial charge in [-0.25, -0.2) is 9.67 Å². The lowest BCUT2D eigenvalue weighted by atomic mass is 10.2. The maximum atomic E-state index is 12.8. The molecule has 4 heterocycles. The Morgan fingerprint density at radius 2 is 2.07 bits per heavy atom. The molecule has 1 aliphatic heterocycles. The number of carbonyl (C=O) groups excluding carboxylic acids is 1. The number of hydrogen-bond donors (Lipinski definition) is 1. The van der Waals surface area contributed by atoms with Crippen molar-refractivity contribution in [2.45, 2.75) is 13.5 Å². The van der Waals surface area contributed by atoms with Crippen LogP contribution in [-0.4, -0.2) is 33.9 Å². The molecule has 0 bridgehead atoms. The van der Waals surface area contributed by atoms with Gasteiger partial charge >= 0.3 is 0 Å². The molecule has 1 aromatic carbocycles. The smallest absolute Gasteiger partial charge is 0.294 e. The van der Waals surface area contributed by atoms with Crippen LogP contribution in [0.25, 0.3) is 21.7 Å². The van der Waals surface area contributed by atoms with Crippen LogP contribution < -0.4 is 20.3 Å².